The number of hydrogen-bond donors (Lipinski definition) is 1. The van der Waals surface area contributed by atoms with Crippen molar-refractivity contribution in [3.05, 3.63) is 59.4 Å². The maximum Gasteiger partial charge on any atom is 0.240 e. The Morgan fingerprint density at radius 2 is 1.79 bits per heavy atom. The van der Waals surface area contributed by atoms with Gasteiger partial charge in [0.05, 0.1) is 18.1 Å². The summed E-state index contributed by atoms with van der Waals surface area (Å²) < 4.78 is 47.2. The number of morpholine rings is 1. The van der Waals surface area contributed by atoms with Crippen molar-refractivity contribution >= 4 is 15.7 Å². The molecule has 1 saturated heterocycles. The highest BCUT2D eigenvalue weighted by Crippen LogP contribution is 2.24. The summed E-state index contributed by atoms with van der Waals surface area (Å²) in [4.78, 5) is 4.32. The molecular weight excluding hydrogens is 393 g/mol. The van der Waals surface area contributed by atoms with E-state index >= 15 is 0 Å². The largest absolute Gasteiger partial charge is 0.379 e. The summed E-state index contributed by atoms with van der Waals surface area (Å²) in [5.74, 6) is -0.420. The molecule has 3 rings (SSSR count). The third-order valence-electron chi connectivity index (χ3n) is 5.19. The molecule has 0 aromatic heterocycles. The molecule has 0 aliphatic carbocycles. The van der Waals surface area contributed by atoms with Crippen LogP contribution in [0.2, 0.25) is 0 Å². The standard InChI is InChI=1S/C21H28FN3O3S/c1-16-14-19(8-9-20(16)22)29(26,27)23-15-21(25-10-12-28-13-11-25)17-4-6-18(7-5-17)24(2)3/h4-9,14,21,23H,10-13,15H2,1-3H3/t21-/m1/s1. The normalized spacial score (nSPS) is 16.6. The molecule has 0 spiro atoms. The number of rotatable bonds is 7. The molecule has 8 heteroatoms. The van der Waals surface area contributed by atoms with Gasteiger partial charge in [0, 0.05) is 45.5 Å². The van der Waals surface area contributed by atoms with Crippen molar-refractivity contribution in [1.82, 2.24) is 9.62 Å². The van der Waals surface area contributed by atoms with Gasteiger partial charge in [-0.1, -0.05) is 12.1 Å². The summed E-state index contributed by atoms with van der Waals surface area (Å²) in [6.45, 7) is 4.48. The predicted octanol–water partition coefficient (Wildman–Crippen LogP) is 2.55. The average Bonchev–Trinajstić information content (AvgIpc) is 2.71. The monoisotopic (exact) mass is 421 g/mol. The fourth-order valence-corrected chi connectivity index (χ4v) is 4.52. The van der Waals surface area contributed by atoms with E-state index in [1.165, 1.54) is 18.2 Å². The first kappa shape index (κ1) is 21.7. The van der Waals surface area contributed by atoms with E-state index in [4.69, 9.17) is 4.74 Å². The highest BCUT2D eigenvalue weighted by Gasteiger charge is 2.25. The smallest absolute Gasteiger partial charge is 0.240 e. The van der Waals surface area contributed by atoms with Crippen LogP contribution < -0.4 is 9.62 Å². The highest BCUT2D eigenvalue weighted by atomic mass is 32.2. The Labute approximate surface area is 172 Å². The number of halogens is 1. The van der Waals surface area contributed by atoms with Gasteiger partial charge in [-0.05, 0) is 48.4 Å². The van der Waals surface area contributed by atoms with Gasteiger partial charge in [-0.15, -0.1) is 0 Å². The van der Waals surface area contributed by atoms with E-state index in [0.29, 0.717) is 18.8 Å². The number of benzene rings is 2. The van der Waals surface area contributed by atoms with Crippen LogP contribution in [0.5, 0.6) is 0 Å². The van der Waals surface area contributed by atoms with E-state index in [9.17, 15) is 12.8 Å². The lowest BCUT2D eigenvalue weighted by molar-refractivity contribution is 0.0172. The van der Waals surface area contributed by atoms with E-state index in [2.05, 4.69) is 9.62 Å². The Morgan fingerprint density at radius 3 is 2.38 bits per heavy atom. The zero-order chi connectivity index (χ0) is 21.0. The fraction of sp³-hybridized carbons (Fsp3) is 0.429. The SMILES string of the molecule is Cc1cc(S(=O)(=O)NC[C@H](c2ccc(N(C)C)cc2)N2CCOCC2)ccc1F. The second kappa shape index (κ2) is 9.21. The molecule has 1 N–H and O–H groups in total. The van der Waals surface area contributed by atoms with E-state index in [-0.39, 0.29) is 17.5 Å². The van der Waals surface area contributed by atoms with Gasteiger partial charge < -0.3 is 9.64 Å². The quantitative estimate of drug-likeness (QED) is 0.745. The van der Waals surface area contributed by atoms with Gasteiger partial charge in [-0.2, -0.15) is 0 Å². The summed E-state index contributed by atoms with van der Waals surface area (Å²) >= 11 is 0. The minimum absolute atomic E-state index is 0.0695. The van der Waals surface area contributed by atoms with Gasteiger partial charge in [0.2, 0.25) is 10.0 Å². The van der Waals surface area contributed by atoms with Crippen LogP contribution in [0, 0.1) is 12.7 Å². The molecule has 1 aliphatic rings. The van der Waals surface area contributed by atoms with Crippen LogP contribution in [0.4, 0.5) is 10.1 Å². The highest BCUT2D eigenvalue weighted by molar-refractivity contribution is 7.89. The lowest BCUT2D eigenvalue weighted by Gasteiger charge is -2.35. The van der Waals surface area contributed by atoms with Crippen molar-refractivity contribution < 1.29 is 17.5 Å². The first-order chi connectivity index (χ1) is 13.8. The van der Waals surface area contributed by atoms with E-state index < -0.39 is 15.8 Å². The van der Waals surface area contributed by atoms with Gasteiger partial charge in [0.15, 0.2) is 0 Å². The van der Waals surface area contributed by atoms with Crippen LogP contribution in [0.25, 0.3) is 0 Å². The molecule has 0 unspecified atom stereocenters. The van der Waals surface area contributed by atoms with Crippen molar-refractivity contribution in [2.24, 2.45) is 0 Å². The molecule has 158 valence electrons. The minimum Gasteiger partial charge on any atom is -0.379 e. The lowest BCUT2D eigenvalue weighted by Crippen LogP contribution is -2.43. The molecule has 1 atom stereocenters. The average molecular weight is 422 g/mol. The molecule has 1 fully saturated rings. The Balaban J connectivity index is 1.81. The zero-order valence-electron chi connectivity index (χ0n) is 17.1. The molecule has 0 radical (unpaired) electrons. The molecule has 2 aromatic rings. The molecule has 1 heterocycles. The van der Waals surface area contributed by atoms with E-state index in [1.54, 1.807) is 6.92 Å². The molecule has 29 heavy (non-hydrogen) atoms. The molecular formula is C21H28FN3O3S. The number of nitrogens with zero attached hydrogens (tertiary/aromatic N) is 2. The van der Waals surface area contributed by atoms with Gasteiger partial charge in [-0.3, -0.25) is 4.90 Å². The topological polar surface area (TPSA) is 61.9 Å². The van der Waals surface area contributed by atoms with Crippen molar-refractivity contribution in [2.45, 2.75) is 17.9 Å². The van der Waals surface area contributed by atoms with E-state index in [0.717, 1.165) is 24.3 Å². The second-order valence-electron chi connectivity index (χ2n) is 7.41. The van der Waals surface area contributed by atoms with Crippen LogP contribution in [0.15, 0.2) is 47.4 Å². The summed E-state index contributed by atoms with van der Waals surface area (Å²) in [6, 6.07) is 11.8. The third-order valence-corrected chi connectivity index (χ3v) is 6.61. The number of sulfonamides is 1. The van der Waals surface area contributed by atoms with Crippen LogP contribution >= 0.6 is 0 Å². The van der Waals surface area contributed by atoms with Crippen LogP contribution in [0.3, 0.4) is 0 Å². The van der Waals surface area contributed by atoms with Crippen molar-refractivity contribution in [1.29, 1.82) is 0 Å². The van der Waals surface area contributed by atoms with Gasteiger partial charge in [0.1, 0.15) is 5.82 Å². The predicted molar refractivity (Wildman–Crippen MR) is 112 cm³/mol. The summed E-state index contributed by atoms with van der Waals surface area (Å²) in [5, 5.41) is 0. The zero-order valence-corrected chi connectivity index (χ0v) is 17.9. The van der Waals surface area contributed by atoms with Crippen molar-refractivity contribution in [3.63, 3.8) is 0 Å². The maximum absolute atomic E-state index is 13.5. The van der Waals surface area contributed by atoms with Crippen molar-refractivity contribution in [2.75, 3.05) is 51.8 Å². The summed E-state index contributed by atoms with van der Waals surface area (Å²) in [6.07, 6.45) is 0. The lowest BCUT2D eigenvalue weighted by atomic mass is 10.0. The Bertz CT molecular complexity index is 927. The minimum atomic E-state index is -3.75. The Morgan fingerprint density at radius 1 is 1.14 bits per heavy atom. The Hall–Kier alpha value is -2.00. The first-order valence-electron chi connectivity index (χ1n) is 9.63. The number of nitrogens with one attached hydrogen (secondary N) is 1. The molecule has 0 saturated carbocycles. The molecule has 1 aliphatic heterocycles. The van der Waals surface area contributed by atoms with Crippen molar-refractivity contribution in [3.8, 4) is 0 Å². The van der Waals surface area contributed by atoms with Gasteiger partial charge in [0.25, 0.3) is 0 Å². The Kier molecular flexibility index (Phi) is 6.89. The van der Waals surface area contributed by atoms with Gasteiger partial charge in [-0.25, -0.2) is 17.5 Å². The summed E-state index contributed by atoms with van der Waals surface area (Å²) in [7, 11) is 0.213. The summed E-state index contributed by atoms with van der Waals surface area (Å²) in [5.41, 5.74) is 2.42. The number of anilines is 1. The third kappa shape index (κ3) is 5.33. The molecule has 0 amide bonds. The molecule has 0 bridgehead atoms. The van der Waals surface area contributed by atoms with Crippen LogP contribution in [-0.2, 0) is 14.8 Å². The fourth-order valence-electron chi connectivity index (χ4n) is 3.40. The maximum atomic E-state index is 13.5. The van der Waals surface area contributed by atoms with Crippen LogP contribution in [-0.4, -0.2) is 60.3 Å². The molecule has 6 nitrogen and oxygen atoms in total. The van der Waals surface area contributed by atoms with E-state index in [1.807, 2.05) is 43.3 Å². The molecule has 2 aromatic carbocycles. The number of aryl methyl sites for hydroxylation is 1. The van der Waals surface area contributed by atoms with Crippen LogP contribution in [0.1, 0.15) is 17.2 Å². The number of ether oxygens (including phenoxy) is 1. The number of hydrogen-bond acceptors (Lipinski definition) is 5. The van der Waals surface area contributed by atoms with Gasteiger partial charge >= 0.3 is 0 Å². The second-order valence-corrected chi connectivity index (χ2v) is 9.18. The first-order valence-corrected chi connectivity index (χ1v) is 11.1.